The maximum Gasteiger partial charge on any atom is 0.307 e. The van der Waals surface area contributed by atoms with E-state index in [1.54, 1.807) is 22.8 Å². The number of hydrogen-bond acceptors (Lipinski definition) is 3. The smallest absolute Gasteiger partial charge is 0.307 e. The van der Waals surface area contributed by atoms with Gasteiger partial charge in [-0.1, -0.05) is 6.07 Å². The van der Waals surface area contributed by atoms with Crippen molar-refractivity contribution in [2.45, 2.75) is 6.42 Å². The summed E-state index contributed by atoms with van der Waals surface area (Å²) in [4.78, 5) is 14.4. The van der Waals surface area contributed by atoms with Crippen LogP contribution in [0.4, 0.5) is 0 Å². The van der Waals surface area contributed by atoms with Gasteiger partial charge >= 0.3 is 5.97 Å². The first kappa shape index (κ1) is 7.72. The lowest BCUT2D eigenvalue weighted by Crippen LogP contribution is -2.02. The molecular formula is C8H7N3O2. The van der Waals surface area contributed by atoms with E-state index in [4.69, 9.17) is 5.11 Å². The predicted molar refractivity (Wildman–Crippen MR) is 44.3 cm³/mol. The number of pyridine rings is 1. The van der Waals surface area contributed by atoms with Crippen LogP contribution < -0.4 is 0 Å². The standard InChI is InChI=1S/C8H7N3O2/c12-7(13)4-6-2-1-3-11-8(6)9-5-10-11/h1-3,5H,4H2,(H,12,13). The fourth-order valence-electron chi connectivity index (χ4n) is 1.21. The molecule has 2 aromatic rings. The summed E-state index contributed by atoms with van der Waals surface area (Å²) in [5.74, 6) is -0.865. The number of fused-ring (bicyclic) bond motifs is 1. The van der Waals surface area contributed by atoms with Gasteiger partial charge in [-0.3, -0.25) is 4.79 Å². The molecule has 0 unspecified atom stereocenters. The van der Waals surface area contributed by atoms with Gasteiger partial charge in [0.2, 0.25) is 0 Å². The minimum Gasteiger partial charge on any atom is -0.481 e. The molecule has 0 atom stereocenters. The molecule has 0 radical (unpaired) electrons. The van der Waals surface area contributed by atoms with Gasteiger partial charge in [0.25, 0.3) is 0 Å². The zero-order valence-corrected chi connectivity index (χ0v) is 6.71. The Hall–Kier alpha value is -1.91. The summed E-state index contributed by atoms with van der Waals surface area (Å²) < 4.78 is 1.55. The quantitative estimate of drug-likeness (QED) is 0.719. The Balaban J connectivity index is 2.54. The molecule has 13 heavy (non-hydrogen) atoms. The summed E-state index contributed by atoms with van der Waals surface area (Å²) in [6, 6.07) is 3.48. The first-order valence-corrected chi connectivity index (χ1v) is 3.76. The first-order chi connectivity index (χ1) is 6.27. The Morgan fingerprint density at radius 2 is 2.46 bits per heavy atom. The summed E-state index contributed by atoms with van der Waals surface area (Å²) in [6.07, 6.45) is 3.11. The second-order valence-corrected chi connectivity index (χ2v) is 2.63. The van der Waals surface area contributed by atoms with Crippen molar-refractivity contribution in [1.82, 2.24) is 14.6 Å². The number of carboxylic acids is 1. The van der Waals surface area contributed by atoms with Gasteiger partial charge in [0.05, 0.1) is 6.42 Å². The zero-order valence-electron chi connectivity index (χ0n) is 6.71. The van der Waals surface area contributed by atoms with Crippen LogP contribution in [0.1, 0.15) is 5.56 Å². The maximum atomic E-state index is 10.5. The third kappa shape index (κ3) is 1.35. The molecule has 0 aliphatic heterocycles. The molecule has 1 N–H and O–H groups in total. The fourth-order valence-corrected chi connectivity index (χ4v) is 1.21. The van der Waals surface area contributed by atoms with Crippen LogP contribution in [0.5, 0.6) is 0 Å². The number of rotatable bonds is 2. The largest absolute Gasteiger partial charge is 0.481 e. The monoisotopic (exact) mass is 177 g/mol. The summed E-state index contributed by atoms with van der Waals surface area (Å²) in [6.45, 7) is 0. The number of carboxylic acid groups (broad SMARTS) is 1. The zero-order chi connectivity index (χ0) is 9.26. The SMILES string of the molecule is O=C(O)Cc1cccn2ncnc12. The Morgan fingerprint density at radius 1 is 1.62 bits per heavy atom. The Labute approximate surface area is 73.6 Å². The van der Waals surface area contributed by atoms with E-state index >= 15 is 0 Å². The van der Waals surface area contributed by atoms with Crippen molar-refractivity contribution in [2.75, 3.05) is 0 Å². The molecule has 0 saturated heterocycles. The van der Waals surface area contributed by atoms with Crippen LogP contribution in [0.15, 0.2) is 24.7 Å². The van der Waals surface area contributed by atoms with Crippen molar-refractivity contribution in [3.05, 3.63) is 30.2 Å². The van der Waals surface area contributed by atoms with Gasteiger partial charge in [0, 0.05) is 11.8 Å². The summed E-state index contributed by atoms with van der Waals surface area (Å²) in [5.41, 5.74) is 1.28. The topological polar surface area (TPSA) is 67.5 Å². The lowest BCUT2D eigenvalue weighted by atomic mass is 10.2. The average Bonchev–Trinajstić information content (AvgIpc) is 2.51. The van der Waals surface area contributed by atoms with Crippen LogP contribution in [0.3, 0.4) is 0 Å². The van der Waals surface area contributed by atoms with Gasteiger partial charge in [-0.05, 0) is 6.07 Å². The van der Waals surface area contributed by atoms with Crippen molar-refractivity contribution < 1.29 is 9.90 Å². The fraction of sp³-hybridized carbons (Fsp3) is 0.125. The van der Waals surface area contributed by atoms with E-state index in [-0.39, 0.29) is 6.42 Å². The molecule has 0 aliphatic carbocycles. The van der Waals surface area contributed by atoms with Crippen LogP contribution in [0.25, 0.3) is 5.65 Å². The number of carbonyl (C=O) groups is 1. The molecule has 0 bridgehead atoms. The molecule has 0 aliphatic rings. The number of aromatic nitrogens is 3. The molecule has 0 fully saturated rings. The van der Waals surface area contributed by atoms with E-state index in [0.29, 0.717) is 11.2 Å². The van der Waals surface area contributed by atoms with Gasteiger partial charge in [-0.15, -0.1) is 0 Å². The van der Waals surface area contributed by atoms with Crippen LogP contribution in [0, 0.1) is 0 Å². The molecule has 2 rings (SSSR count). The van der Waals surface area contributed by atoms with Crippen molar-refractivity contribution >= 4 is 11.6 Å². The van der Waals surface area contributed by atoms with Gasteiger partial charge in [-0.2, -0.15) is 5.10 Å². The van der Waals surface area contributed by atoms with E-state index in [1.165, 1.54) is 6.33 Å². The van der Waals surface area contributed by atoms with Crippen molar-refractivity contribution in [3.8, 4) is 0 Å². The van der Waals surface area contributed by atoms with E-state index in [2.05, 4.69) is 10.1 Å². The highest BCUT2D eigenvalue weighted by molar-refractivity contribution is 5.72. The summed E-state index contributed by atoms with van der Waals surface area (Å²) in [7, 11) is 0. The van der Waals surface area contributed by atoms with E-state index < -0.39 is 5.97 Å². The molecule has 2 heterocycles. The molecule has 0 spiro atoms. The number of nitrogens with zero attached hydrogens (tertiary/aromatic N) is 3. The third-order valence-electron chi connectivity index (χ3n) is 1.73. The molecule has 5 nitrogen and oxygen atoms in total. The summed E-state index contributed by atoms with van der Waals surface area (Å²) in [5, 5.41) is 12.5. The minimum absolute atomic E-state index is 0.0248. The van der Waals surface area contributed by atoms with Crippen LogP contribution in [-0.2, 0) is 11.2 Å². The lowest BCUT2D eigenvalue weighted by molar-refractivity contribution is -0.136. The first-order valence-electron chi connectivity index (χ1n) is 3.76. The van der Waals surface area contributed by atoms with Crippen molar-refractivity contribution in [3.63, 3.8) is 0 Å². The molecule has 5 heteroatoms. The normalized spacial score (nSPS) is 10.5. The maximum absolute atomic E-state index is 10.5. The predicted octanol–water partition coefficient (Wildman–Crippen LogP) is 0.356. The Morgan fingerprint density at radius 3 is 3.23 bits per heavy atom. The van der Waals surface area contributed by atoms with Crippen LogP contribution in [-0.4, -0.2) is 25.7 Å². The molecule has 0 saturated carbocycles. The highest BCUT2D eigenvalue weighted by Crippen LogP contribution is 2.07. The second kappa shape index (κ2) is 2.85. The highest BCUT2D eigenvalue weighted by Gasteiger charge is 2.06. The number of aliphatic carboxylic acids is 1. The van der Waals surface area contributed by atoms with Gasteiger partial charge in [-0.25, -0.2) is 9.50 Å². The van der Waals surface area contributed by atoms with E-state index in [0.717, 1.165) is 0 Å². The summed E-state index contributed by atoms with van der Waals surface area (Å²) >= 11 is 0. The van der Waals surface area contributed by atoms with E-state index in [1.807, 2.05) is 0 Å². The molecule has 0 amide bonds. The lowest BCUT2D eigenvalue weighted by Gasteiger charge is -1.97. The van der Waals surface area contributed by atoms with Crippen molar-refractivity contribution in [2.24, 2.45) is 0 Å². The molecular weight excluding hydrogens is 170 g/mol. The minimum atomic E-state index is -0.865. The van der Waals surface area contributed by atoms with Gasteiger partial charge < -0.3 is 5.11 Å². The highest BCUT2D eigenvalue weighted by atomic mass is 16.4. The molecule has 0 aromatic carbocycles. The third-order valence-corrected chi connectivity index (χ3v) is 1.73. The van der Waals surface area contributed by atoms with Crippen LogP contribution in [0.2, 0.25) is 0 Å². The number of hydrogen-bond donors (Lipinski definition) is 1. The van der Waals surface area contributed by atoms with Crippen LogP contribution >= 0.6 is 0 Å². The molecule has 66 valence electrons. The van der Waals surface area contributed by atoms with Crippen molar-refractivity contribution in [1.29, 1.82) is 0 Å². The van der Waals surface area contributed by atoms with Gasteiger partial charge in [0.1, 0.15) is 6.33 Å². The average molecular weight is 177 g/mol. The molecule has 2 aromatic heterocycles. The van der Waals surface area contributed by atoms with Gasteiger partial charge in [0.15, 0.2) is 5.65 Å². The Bertz CT molecular complexity index is 449. The second-order valence-electron chi connectivity index (χ2n) is 2.63. The Kier molecular flexibility index (Phi) is 1.70. The van der Waals surface area contributed by atoms with E-state index in [9.17, 15) is 4.79 Å².